The Balaban J connectivity index is 3.20. The minimum absolute atomic E-state index is 0.0930. The number of pyridine rings is 1. The van der Waals surface area contributed by atoms with Gasteiger partial charge in [0.25, 0.3) is 6.43 Å². The molecule has 0 bridgehead atoms. The first-order valence-corrected chi connectivity index (χ1v) is 4.32. The van der Waals surface area contributed by atoms with Gasteiger partial charge in [-0.2, -0.15) is 0 Å². The molecule has 1 aromatic rings. The van der Waals surface area contributed by atoms with Crippen molar-refractivity contribution in [3.8, 4) is 5.75 Å². The molecule has 0 aromatic carbocycles. The molecule has 0 amide bonds. The first-order chi connectivity index (χ1) is 6.06. The van der Waals surface area contributed by atoms with Gasteiger partial charge in [0.05, 0.1) is 7.11 Å². The molecule has 2 nitrogen and oxygen atoms in total. The van der Waals surface area contributed by atoms with E-state index in [1.54, 1.807) is 22.6 Å². The summed E-state index contributed by atoms with van der Waals surface area (Å²) in [6.45, 7) is 0. The number of alkyl halides is 2. The molecule has 0 saturated carbocycles. The molecule has 1 rings (SSSR count). The van der Waals surface area contributed by atoms with Gasteiger partial charge < -0.3 is 4.74 Å². The lowest BCUT2D eigenvalue weighted by Crippen LogP contribution is -1.99. The van der Waals surface area contributed by atoms with Gasteiger partial charge >= 0.3 is 0 Å². The van der Waals surface area contributed by atoms with Gasteiger partial charge in [0.1, 0.15) is 9.39 Å². The molecule has 0 aliphatic heterocycles. The number of hydrogen-bond donors (Lipinski definition) is 0. The maximum absolute atomic E-state index is 13.0. The van der Waals surface area contributed by atoms with Crippen LogP contribution in [0.25, 0.3) is 0 Å². The summed E-state index contributed by atoms with van der Waals surface area (Å²) in [7, 11) is 1.25. The molecular weight excluding hydrogens is 298 g/mol. The lowest BCUT2D eigenvalue weighted by molar-refractivity contribution is 0.145. The van der Waals surface area contributed by atoms with E-state index in [4.69, 9.17) is 0 Å². The minimum Gasteiger partial charge on any atom is -0.491 e. The molecule has 0 saturated heterocycles. The van der Waals surface area contributed by atoms with Crippen molar-refractivity contribution in [2.45, 2.75) is 6.43 Å². The van der Waals surface area contributed by atoms with Crippen LogP contribution in [-0.2, 0) is 0 Å². The molecule has 0 spiro atoms. The number of nitrogens with zero attached hydrogens (tertiary/aromatic N) is 1. The van der Waals surface area contributed by atoms with Crippen LogP contribution in [0.3, 0.4) is 0 Å². The van der Waals surface area contributed by atoms with Gasteiger partial charge in [-0.05, 0) is 22.6 Å². The predicted molar refractivity (Wildman–Crippen MR) is 48.4 cm³/mol. The Morgan fingerprint density at radius 2 is 2.15 bits per heavy atom. The van der Waals surface area contributed by atoms with Crippen LogP contribution in [0, 0.1) is 9.52 Å². The predicted octanol–water partition coefficient (Wildman–Crippen LogP) is 2.77. The molecule has 6 heteroatoms. The summed E-state index contributed by atoms with van der Waals surface area (Å²) >= 11 is 1.64. The van der Waals surface area contributed by atoms with E-state index in [9.17, 15) is 13.2 Å². The van der Waals surface area contributed by atoms with Crippen molar-refractivity contribution in [2.24, 2.45) is 0 Å². The number of methoxy groups -OCH3 is 1. The van der Waals surface area contributed by atoms with Gasteiger partial charge in [0.2, 0.25) is 0 Å². The second kappa shape index (κ2) is 4.12. The fourth-order valence-corrected chi connectivity index (χ4v) is 1.54. The normalized spacial score (nSPS) is 10.6. The highest BCUT2D eigenvalue weighted by molar-refractivity contribution is 14.1. The van der Waals surface area contributed by atoms with E-state index < -0.39 is 17.9 Å². The van der Waals surface area contributed by atoms with Crippen LogP contribution in [-0.4, -0.2) is 12.1 Å². The Bertz CT molecular complexity index is 296. The average molecular weight is 303 g/mol. The summed E-state index contributed by atoms with van der Waals surface area (Å²) in [5.41, 5.74) is -0.581. The van der Waals surface area contributed by atoms with Crippen LogP contribution in [0.1, 0.15) is 12.1 Å². The van der Waals surface area contributed by atoms with Crippen molar-refractivity contribution < 1.29 is 17.9 Å². The van der Waals surface area contributed by atoms with E-state index in [0.29, 0.717) is 6.07 Å². The van der Waals surface area contributed by atoms with Crippen LogP contribution in [0.15, 0.2) is 6.07 Å². The summed E-state index contributed by atoms with van der Waals surface area (Å²) in [5.74, 6) is -0.929. The molecule has 13 heavy (non-hydrogen) atoms. The molecule has 0 fully saturated rings. The lowest BCUT2D eigenvalue weighted by Gasteiger charge is -2.05. The number of halogens is 4. The maximum atomic E-state index is 13.0. The summed E-state index contributed by atoms with van der Waals surface area (Å²) in [6.07, 6.45) is -2.77. The van der Waals surface area contributed by atoms with Gasteiger partial charge in [0.15, 0.2) is 11.6 Å². The zero-order valence-corrected chi connectivity index (χ0v) is 8.68. The zero-order valence-electron chi connectivity index (χ0n) is 6.52. The Hall–Kier alpha value is -0.530. The van der Waals surface area contributed by atoms with Gasteiger partial charge in [-0.25, -0.2) is 18.2 Å². The van der Waals surface area contributed by atoms with Crippen molar-refractivity contribution in [1.82, 2.24) is 4.98 Å². The molecule has 0 radical (unpaired) electrons. The SMILES string of the molecule is COc1c(F)cc(C(F)F)nc1I. The zero-order chi connectivity index (χ0) is 10.0. The number of hydrogen-bond acceptors (Lipinski definition) is 2. The van der Waals surface area contributed by atoms with Crippen LogP contribution >= 0.6 is 22.6 Å². The van der Waals surface area contributed by atoms with Crippen molar-refractivity contribution in [3.63, 3.8) is 0 Å². The van der Waals surface area contributed by atoms with Crippen LogP contribution in [0.2, 0.25) is 0 Å². The standard InChI is InChI=1S/C7H5F3INO/c1-13-5-3(8)2-4(6(9)10)12-7(5)11/h2,6H,1H3. The molecule has 0 unspecified atom stereocenters. The van der Waals surface area contributed by atoms with E-state index in [2.05, 4.69) is 9.72 Å². The largest absolute Gasteiger partial charge is 0.491 e. The smallest absolute Gasteiger partial charge is 0.280 e. The Kier molecular flexibility index (Phi) is 3.34. The van der Waals surface area contributed by atoms with E-state index >= 15 is 0 Å². The van der Waals surface area contributed by atoms with E-state index in [0.717, 1.165) is 0 Å². The van der Waals surface area contributed by atoms with Crippen LogP contribution < -0.4 is 4.74 Å². The Morgan fingerprint density at radius 3 is 2.54 bits per heavy atom. The Labute approximate surface area is 86.3 Å². The average Bonchev–Trinajstić information content (AvgIpc) is 2.03. The highest BCUT2D eigenvalue weighted by Gasteiger charge is 2.16. The molecule has 0 N–H and O–H groups in total. The van der Waals surface area contributed by atoms with Crippen LogP contribution in [0.4, 0.5) is 13.2 Å². The summed E-state index contributed by atoms with van der Waals surface area (Å²) < 4.78 is 41.9. The van der Waals surface area contributed by atoms with Crippen molar-refractivity contribution in [3.05, 3.63) is 21.3 Å². The fraction of sp³-hybridized carbons (Fsp3) is 0.286. The molecule has 1 heterocycles. The first kappa shape index (κ1) is 10.6. The van der Waals surface area contributed by atoms with Crippen molar-refractivity contribution in [1.29, 1.82) is 0 Å². The monoisotopic (exact) mass is 303 g/mol. The molecule has 0 aliphatic carbocycles. The van der Waals surface area contributed by atoms with Crippen molar-refractivity contribution in [2.75, 3.05) is 7.11 Å². The van der Waals surface area contributed by atoms with Crippen molar-refractivity contribution >= 4 is 22.6 Å². The summed E-state index contributed by atoms with van der Waals surface area (Å²) in [5, 5.41) is 0. The van der Waals surface area contributed by atoms with Gasteiger partial charge in [-0.1, -0.05) is 0 Å². The molecule has 0 aliphatic rings. The second-order valence-electron chi connectivity index (χ2n) is 2.15. The fourth-order valence-electron chi connectivity index (χ4n) is 0.784. The summed E-state index contributed by atoms with van der Waals surface area (Å²) in [4.78, 5) is 3.48. The number of rotatable bonds is 2. The molecular formula is C7H5F3INO. The second-order valence-corrected chi connectivity index (χ2v) is 3.18. The van der Waals surface area contributed by atoms with E-state index in [1.165, 1.54) is 7.11 Å². The van der Waals surface area contributed by atoms with Crippen LogP contribution in [0.5, 0.6) is 5.75 Å². The lowest BCUT2D eigenvalue weighted by atomic mass is 10.3. The Morgan fingerprint density at radius 1 is 1.54 bits per heavy atom. The van der Waals surface area contributed by atoms with E-state index in [1.807, 2.05) is 0 Å². The quantitative estimate of drug-likeness (QED) is 0.619. The van der Waals surface area contributed by atoms with E-state index in [-0.39, 0.29) is 9.45 Å². The highest BCUT2D eigenvalue weighted by Crippen LogP contribution is 2.26. The molecule has 0 atom stereocenters. The molecule has 1 aromatic heterocycles. The highest BCUT2D eigenvalue weighted by atomic mass is 127. The third-order valence-corrected chi connectivity index (χ3v) is 2.06. The first-order valence-electron chi connectivity index (χ1n) is 3.24. The van der Waals surface area contributed by atoms with Gasteiger partial charge in [0, 0.05) is 6.07 Å². The minimum atomic E-state index is -2.77. The third-order valence-electron chi connectivity index (χ3n) is 1.33. The summed E-state index contributed by atoms with van der Waals surface area (Å²) in [6, 6.07) is 0.672. The maximum Gasteiger partial charge on any atom is 0.280 e. The van der Waals surface area contributed by atoms with Gasteiger partial charge in [-0.3, -0.25) is 0 Å². The number of aromatic nitrogens is 1. The molecule has 72 valence electrons. The topological polar surface area (TPSA) is 22.1 Å². The number of ether oxygens (including phenoxy) is 1. The third kappa shape index (κ3) is 2.23. The van der Waals surface area contributed by atoms with Gasteiger partial charge in [-0.15, -0.1) is 0 Å².